The molecule has 3 rings (SSSR count). The van der Waals surface area contributed by atoms with Crippen molar-refractivity contribution in [1.82, 2.24) is 4.90 Å². The molecule has 2 aromatic rings. The first-order chi connectivity index (χ1) is 11.5. The van der Waals surface area contributed by atoms with Crippen LogP contribution in [0, 0.1) is 0 Å². The molecular formula is C20H24N2O2. The van der Waals surface area contributed by atoms with Crippen molar-refractivity contribution in [3.63, 3.8) is 0 Å². The fraction of sp³-hybridized carbons (Fsp3) is 0.350. The molecule has 0 bridgehead atoms. The lowest BCUT2D eigenvalue weighted by molar-refractivity contribution is 0.0427. The Morgan fingerprint density at radius 3 is 2.50 bits per heavy atom. The van der Waals surface area contributed by atoms with E-state index in [9.17, 15) is 4.79 Å². The van der Waals surface area contributed by atoms with E-state index >= 15 is 0 Å². The molecule has 126 valence electrons. The number of nitrogens with one attached hydrogen (secondary N) is 1. The van der Waals surface area contributed by atoms with Gasteiger partial charge >= 0.3 is 0 Å². The van der Waals surface area contributed by atoms with E-state index in [1.165, 1.54) is 0 Å². The lowest BCUT2D eigenvalue weighted by atomic mass is 9.91. The molecular weight excluding hydrogens is 300 g/mol. The quantitative estimate of drug-likeness (QED) is 0.915. The molecule has 1 atom stereocenters. The zero-order chi connectivity index (χ0) is 17.3. The summed E-state index contributed by atoms with van der Waals surface area (Å²) in [4.78, 5) is 15.1. The number of anilines is 1. The minimum Gasteiger partial charge on any atom is -0.493 e. The second-order valence-corrected chi connectivity index (χ2v) is 6.44. The summed E-state index contributed by atoms with van der Waals surface area (Å²) in [6.07, 6.45) is 0. The largest absolute Gasteiger partial charge is 0.493 e. The van der Waals surface area contributed by atoms with Gasteiger partial charge in [-0.05, 0) is 45.9 Å². The van der Waals surface area contributed by atoms with E-state index in [0.29, 0.717) is 12.2 Å². The fourth-order valence-corrected chi connectivity index (χ4v) is 3.53. The molecule has 1 heterocycles. The molecule has 4 nitrogen and oxygen atoms in total. The standard InChI is InChI=1S/C20H24N2O2/c1-5-24-18-13-9-7-11-16(18)20(4)21-17-12-8-6-10-15(17)19(23)22(20)14(2)3/h6-14,21H,5H2,1-4H3. The van der Waals surface area contributed by atoms with Crippen LogP contribution in [0.3, 0.4) is 0 Å². The molecule has 1 amide bonds. The smallest absolute Gasteiger partial charge is 0.258 e. The maximum atomic E-state index is 13.2. The maximum absolute atomic E-state index is 13.2. The monoisotopic (exact) mass is 324 g/mol. The Kier molecular flexibility index (Phi) is 4.22. The number of nitrogens with zero attached hydrogens (tertiary/aromatic N) is 1. The van der Waals surface area contributed by atoms with Crippen molar-refractivity contribution in [2.75, 3.05) is 11.9 Å². The molecule has 4 heteroatoms. The van der Waals surface area contributed by atoms with Crippen molar-refractivity contribution in [2.24, 2.45) is 0 Å². The van der Waals surface area contributed by atoms with Gasteiger partial charge in [-0.2, -0.15) is 0 Å². The molecule has 0 saturated carbocycles. The summed E-state index contributed by atoms with van der Waals surface area (Å²) in [5.74, 6) is 0.834. The molecule has 0 aliphatic carbocycles. The number of fused-ring (bicyclic) bond motifs is 1. The zero-order valence-electron chi connectivity index (χ0n) is 14.7. The summed E-state index contributed by atoms with van der Waals surface area (Å²) in [6.45, 7) is 8.66. The third-order valence-corrected chi connectivity index (χ3v) is 4.46. The van der Waals surface area contributed by atoms with Gasteiger partial charge in [0.1, 0.15) is 11.4 Å². The van der Waals surface area contributed by atoms with Gasteiger partial charge in [-0.3, -0.25) is 4.79 Å². The number of carbonyl (C=O) groups excluding carboxylic acids is 1. The highest BCUT2D eigenvalue weighted by atomic mass is 16.5. The number of hydrogen-bond acceptors (Lipinski definition) is 3. The SMILES string of the molecule is CCOc1ccccc1C1(C)Nc2ccccc2C(=O)N1C(C)C. The molecule has 0 radical (unpaired) electrons. The summed E-state index contributed by atoms with van der Waals surface area (Å²) in [6, 6.07) is 15.6. The van der Waals surface area contributed by atoms with Crippen LogP contribution in [-0.4, -0.2) is 23.5 Å². The first-order valence-corrected chi connectivity index (χ1v) is 8.42. The number of amides is 1. The third-order valence-electron chi connectivity index (χ3n) is 4.46. The van der Waals surface area contributed by atoms with E-state index in [-0.39, 0.29) is 11.9 Å². The van der Waals surface area contributed by atoms with Crippen LogP contribution in [0.1, 0.15) is 43.6 Å². The van der Waals surface area contributed by atoms with E-state index < -0.39 is 5.66 Å². The summed E-state index contributed by atoms with van der Waals surface area (Å²) in [7, 11) is 0. The van der Waals surface area contributed by atoms with Crippen LogP contribution in [0.2, 0.25) is 0 Å². The normalized spacial score (nSPS) is 19.9. The maximum Gasteiger partial charge on any atom is 0.258 e. The van der Waals surface area contributed by atoms with Gasteiger partial charge in [-0.1, -0.05) is 30.3 Å². The van der Waals surface area contributed by atoms with Gasteiger partial charge in [-0.15, -0.1) is 0 Å². The first-order valence-electron chi connectivity index (χ1n) is 8.42. The Bertz CT molecular complexity index is 757. The van der Waals surface area contributed by atoms with E-state index in [2.05, 4.69) is 5.32 Å². The Labute approximate surface area is 143 Å². The third kappa shape index (κ3) is 2.52. The second kappa shape index (κ2) is 6.19. The van der Waals surface area contributed by atoms with Gasteiger partial charge in [-0.25, -0.2) is 0 Å². The van der Waals surface area contributed by atoms with Crippen LogP contribution in [0.25, 0.3) is 0 Å². The molecule has 0 spiro atoms. The van der Waals surface area contributed by atoms with Crippen molar-refractivity contribution in [1.29, 1.82) is 0 Å². The molecule has 0 saturated heterocycles. The molecule has 2 aromatic carbocycles. The van der Waals surface area contributed by atoms with Gasteiger partial charge in [0.15, 0.2) is 0 Å². The highest BCUT2D eigenvalue weighted by molar-refractivity contribution is 6.02. The molecule has 1 unspecified atom stereocenters. The number of benzene rings is 2. The van der Waals surface area contributed by atoms with Crippen molar-refractivity contribution in [2.45, 2.75) is 39.4 Å². The predicted molar refractivity (Wildman–Crippen MR) is 96.3 cm³/mol. The van der Waals surface area contributed by atoms with Crippen molar-refractivity contribution in [3.05, 3.63) is 59.7 Å². The Morgan fingerprint density at radius 2 is 1.79 bits per heavy atom. The molecule has 1 aliphatic rings. The van der Waals surface area contributed by atoms with Gasteiger partial charge in [0.05, 0.1) is 12.2 Å². The predicted octanol–water partition coefficient (Wildman–Crippen LogP) is 4.23. The molecule has 24 heavy (non-hydrogen) atoms. The lowest BCUT2D eigenvalue weighted by Gasteiger charge is -2.49. The molecule has 0 fully saturated rings. The molecule has 1 aliphatic heterocycles. The number of carbonyl (C=O) groups is 1. The first kappa shape index (κ1) is 16.4. The highest BCUT2D eigenvalue weighted by Gasteiger charge is 2.45. The Morgan fingerprint density at radius 1 is 1.12 bits per heavy atom. The van der Waals surface area contributed by atoms with Crippen LogP contribution in [0.5, 0.6) is 5.75 Å². The minimum atomic E-state index is -0.675. The van der Waals surface area contributed by atoms with Crippen LogP contribution in [0.15, 0.2) is 48.5 Å². The van der Waals surface area contributed by atoms with Gasteiger partial charge in [0.25, 0.3) is 5.91 Å². The van der Waals surface area contributed by atoms with Crippen molar-refractivity contribution in [3.8, 4) is 5.75 Å². The highest BCUT2D eigenvalue weighted by Crippen LogP contribution is 2.42. The van der Waals surface area contributed by atoms with Gasteiger partial charge in [0.2, 0.25) is 0 Å². The Hall–Kier alpha value is -2.49. The summed E-state index contributed by atoms with van der Waals surface area (Å²) >= 11 is 0. The zero-order valence-corrected chi connectivity index (χ0v) is 14.7. The summed E-state index contributed by atoms with van der Waals surface area (Å²) < 4.78 is 5.83. The van der Waals surface area contributed by atoms with Crippen LogP contribution in [0.4, 0.5) is 5.69 Å². The second-order valence-electron chi connectivity index (χ2n) is 6.44. The van der Waals surface area contributed by atoms with Crippen molar-refractivity contribution < 1.29 is 9.53 Å². The average molecular weight is 324 g/mol. The van der Waals surface area contributed by atoms with Crippen LogP contribution < -0.4 is 10.1 Å². The minimum absolute atomic E-state index is 0.0353. The van der Waals surface area contributed by atoms with Crippen LogP contribution in [-0.2, 0) is 5.66 Å². The van der Waals surface area contributed by atoms with Gasteiger partial charge in [0, 0.05) is 17.3 Å². The fourth-order valence-electron chi connectivity index (χ4n) is 3.53. The average Bonchev–Trinajstić information content (AvgIpc) is 2.55. The van der Waals surface area contributed by atoms with Crippen LogP contribution >= 0.6 is 0 Å². The van der Waals surface area contributed by atoms with E-state index in [1.807, 2.05) is 81.1 Å². The number of rotatable bonds is 4. The lowest BCUT2D eigenvalue weighted by Crippen LogP contribution is -2.58. The molecule has 1 N–H and O–H groups in total. The van der Waals surface area contributed by atoms with E-state index in [0.717, 1.165) is 17.0 Å². The summed E-state index contributed by atoms with van der Waals surface area (Å²) in [5, 5.41) is 3.58. The van der Waals surface area contributed by atoms with E-state index in [4.69, 9.17) is 4.74 Å². The number of ether oxygens (including phenoxy) is 1. The number of hydrogen-bond donors (Lipinski definition) is 1. The van der Waals surface area contributed by atoms with Gasteiger partial charge < -0.3 is 15.0 Å². The topological polar surface area (TPSA) is 41.6 Å². The molecule has 0 aromatic heterocycles. The number of para-hydroxylation sites is 2. The Balaban J connectivity index is 2.19. The van der Waals surface area contributed by atoms with Crippen molar-refractivity contribution >= 4 is 11.6 Å². The van der Waals surface area contributed by atoms with E-state index in [1.54, 1.807) is 0 Å². The summed E-state index contributed by atoms with van der Waals surface area (Å²) in [5.41, 5.74) is 1.85.